The predicted molar refractivity (Wildman–Crippen MR) is 90.1 cm³/mol. The Morgan fingerprint density at radius 1 is 1.24 bits per heavy atom. The maximum Gasteiger partial charge on any atom is 0.129 e. The summed E-state index contributed by atoms with van der Waals surface area (Å²) in [5, 5.41) is 3.48. The molecule has 0 aliphatic heterocycles. The highest BCUT2D eigenvalue weighted by Gasteiger charge is 2.11. The molecule has 0 spiro atoms. The zero-order chi connectivity index (χ0) is 15.8. The standard InChI is InChI=1S/C17H31N3O/c1-7-20(8-9-21-6)17-11-15(12-18-14(4)5)10-16(19-17)13(2)3/h10-11,13-14,18H,7-9,12H2,1-6H3. The second-order valence-corrected chi connectivity index (χ2v) is 6.02. The van der Waals surface area contributed by atoms with Crippen molar-refractivity contribution in [2.75, 3.05) is 31.7 Å². The number of nitrogens with one attached hydrogen (secondary N) is 1. The predicted octanol–water partition coefficient (Wildman–Crippen LogP) is 3.18. The van der Waals surface area contributed by atoms with E-state index in [0.717, 1.165) is 37.8 Å². The third kappa shape index (κ3) is 6.02. The molecule has 1 rings (SSSR count). The lowest BCUT2D eigenvalue weighted by Crippen LogP contribution is -2.28. The van der Waals surface area contributed by atoms with Gasteiger partial charge in [-0.1, -0.05) is 27.7 Å². The molecule has 0 aliphatic carbocycles. The zero-order valence-electron chi connectivity index (χ0n) is 14.4. The van der Waals surface area contributed by atoms with Gasteiger partial charge < -0.3 is 15.0 Å². The van der Waals surface area contributed by atoms with Crippen molar-refractivity contribution in [1.82, 2.24) is 10.3 Å². The highest BCUT2D eigenvalue weighted by atomic mass is 16.5. The van der Waals surface area contributed by atoms with Gasteiger partial charge in [0.2, 0.25) is 0 Å². The molecule has 0 atom stereocenters. The van der Waals surface area contributed by atoms with Gasteiger partial charge in [-0.3, -0.25) is 0 Å². The van der Waals surface area contributed by atoms with E-state index in [4.69, 9.17) is 9.72 Å². The lowest BCUT2D eigenvalue weighted by Gasteiger charge is -2.24. The smallest absolute Gasteiger partial charge is 0.129 e. The Kier molecular flexibility index (Phi) is 7.68. The first-order chi connectivity index (χ1) is 9.97. The largest absolute Gasteiger partial charge is 0.383 e. The van der Waals surface area contributed by atoms with E-state index >= 15 is 0 Å². The minimum atomic E-state index is 0.434. The third-order valence-corrected chi connectivity index (χ3v) is 3.47. The lowest BCUT2D eigenvalue weighted by atomic mass is 10.1. The molecular weight excluding hydrogens is 262 g/mol. The number of nitrogens with zero attached hydrogens (tertiary/aromatic N) is 2. The molecule has 0 saturated carbocycles. The number of hydrogen-bond acceptors (Lipinski definition) is 4. The van der Waals surface area contributed by atoms with E-state index in [2.05, 4.69) is 57.0 Å². The summed E-state index contributed by atoms with van der Waals surface area (Å²) in [7, 11) is 1.74. The van der Waals surface area contributed by atoms with Crippen LogP contribution in [-0.2, 0) is 11.3 Å². The minimum Gasteiger partial charge on any atom is -0.383 e. The molecule has 0 bridgehead atoms. The van der Waals surface area contributed by atoms with Crippen molar-refractivity contribution in [3.05, 3.63) is 23.4 Å². The summed E-state index contributed by atoms with van der Waals surface area (Å²) in [6.45, 7) is 14.3. The van der Waals surface area contributed by atoms with Crippen molar-refractivity contribution >= 4 is 5.82 Å². The summed E-state index contributed by atoms with van der Waals surface area (Å²) >= 11 is 0. The molecule has 1 N–H and O–H groups in total. The Morgan fingerprint density at radius 2 is 1.95 bits per heavy atom. The Hall–Kier alpha value is -1.13. The summed E-state index contributed by atoms with van der Waals surface area (Å²) in [4.78, 5) is 7.10. The second kappa shape index (κ2) is 9.00. The highest BCUT2D eigenvalue weighted by molar-refractivity contribution is 5.43. The molecular formula is C17H31N3O. The van der Waals surface area contributed by atoms with Crippen LogP contribution in [0.15, 0.2) is 12.1 Å². The van der Waals surface area contributed by atoms with Crippen LogP contribution in [0.25, 0.3) is 0 Å². The molecule has 0 saturated heterocycles. The van der Waals surface area contributed by atoms with Crippen LogP contribution in [0.5, 0.6) is 0 Å². The van der Waals surface area contributed by atoms with Gasteiger partial charge in [0.25, 0.3) is 0 Å². The van der Waals surface area contributed by atoms with Crippen molar-refractivity contribution in [1.29, 1.82) is 0 Å². The Bertz CT molecular complexity index is 418. The summed E-state index contributed by atoms with van der Waals surface area (Å²) in [6, 6.07) is 4.90. The number of pyridine rings is 1. The van der Waals surface area contributed by atoms with E-state index in [1.54, 1.807) is 7.11 Å². The van der Waals surface area contributed by atoms with E-state index in [1.807, 2.05) is 0 Å². The number of anilines is 1. The number of methoxy groups -OCH3 is 1. The summed E-state index contributed by atoms with van der Waals surface area (Å²) in [6.07, 6.45) is 0. The topological polar surface area (TPSA) is 37.4 Å². The molecule has 4 heteroatoms. The molecule has 0 fully saturated rings. The van der Waals surface area contributed by atoms with E-state index < -0.39 is 0 Å². The molecule has 0 radical (unpaired) electrons. The highest BCUT2D eigenvalue weighted by Crippen LogP contribution is 2.20. The van der Waals surface area contributed by atoms with Crippen LogP contribution < -0.4 is 10.2 Å². The molecule has 0 aliphatic rings. The molecule has 1 heterocycles. The summed E-state index contributed by atoms with van der Waals surface area (Å²) in [5.41, 5.74) is 2.46. The molecule has 1 aromatic heterocycles. The fraction of sp³-hybridized carbons (Fsp3) is 0.706. The van der Waals surface area contributed by atoms with Gasteiger partial charge >= 0.3 is 0 Å². The van der Waals surface area contributed by atoms with Crippen LogP contribution in [0.4, 0.5) is 5.82 Å². The molecule has 1 aromatic rings. The molecule has 21 heavy (non-hydrogen) atoms. The fourth-order valence-electron chi connectivity index (χ4n) is 2.11. The van der Waals surface area contributed by atoms with Crippen molar-refractivity contribution in [2.45, 2.75) is 53.1 Å². The number of likely N-dealkylation sites (N-methyl/N-ethyl adjacent to an activating group) is 1. The summed E-state index contributed by atoms with van der Waals surface area (Å²) < 4.78 is 5.20. The van der Waals surface area contributed by atoms with Gasteiger partial charge in [-0.2, -0.15) is 0 Å². The van der Waals surface area contributed by atoms with Crippen molar-refractivity contribution < 1.29 is 4.74 Å². The van der Waals surface area contributed by atoms with Gasteiger partial charge in [-0.05, 0) is 30.5 Å². The number of ether oxygens (including phenoxy) is 1. The van der Waals surface area contributed by atoms with Crippen molar-refractivity contribution in [3.8, 4) is 0 Å². The fourth-order valence-corrected chi connectivity index (χ4v) is 2.11. The number of aromatic nitrogens is 1. The second-order valence-electron chi connectivity index (χ2n) is 6.02. The first-order valence-corrected chi connectivity index (χ1v) is 7.96. The first kappa shape index (κ1) is 17.9. The maximum absolute atomic E-state index is 5.20. The molecule has 0 aromatic carbocycles. The van der Waals surface area contributed by atoms with Gasteiger partial charge in [-0.25, -0.2) is 4.98 Å². The quantitative estimate of drug-likeness (QED) is 0.759. The first-order valence-electron chi connectivity index (χ1n) is 7.96. The Morgan fingerprint density at radius 3 is 2.48 bits per heavy atom. The van der Waals surface area contributed by atoms with Crippen LogP contribution in [0.1, 0.15) is 51.8 Å². The van der Waals surface area contributed by atoms with E-state index in [-0.39, 0.29) is 0 Å². The van der Waals surface area contributed by atoms with E-state index in [1.165, 1.54) is 5.56 Å². The average molecular weight is 293 g/mol. The Balaban J connectivity index is 2.99. The monoisotopic (exact) mass is 293 g/mol. The minimum absolute atomic E-state index is 0.434. The maximum atomic E-state index is 5.20. The zero-order valence-corrected chi connectivity index (χ0v) is 14.4. The van der Waals surface area contributed by atoms with E-state index in [0.29, 0.717) is 12.0 Å². The van der Waals surface area contributed by atoms with Crippen molar-refractivity contribution in [3.63, 3.8) is 0 Å². The van der Waals surface area contributed by atoms with Gasteiger partial charge in [0.05, 0.1) is 6.61 Å². The van der Waals surface area contributed by atoms with Gasteiger partial charge in [0, 0.05) is 38.5 Å². The van der Waals surface area contributed by atoms with Crippen LogP contribution >= 0.6 is 0 Å². The van der Waals surface area contributed by atoms with Gasteiger partial charge in [0.1, 0.15) is 5.82 Å². The third-order valence-electron chi connectivity index (χ3n) is 3.47. The normalized spacial score (nSPS) is 11.4. The lowest BCUT2D eigenvalue weighted by molar-refractivity contribution is 0.205. The van der Waals surface area contributed by atoms with Gasteiger partial charge in [0.15, 0.2) is 0 Å². The molecule has 120 valence electrons. The SMILES string of the molecule is CCN(CCOC)c1cc(CNC(C)C)cc(C(C)C)n1. The van der Waals surface area contributed by atoms with Gasteiger partial charge in [-0.15, -0.1) is 0 Å². The Labute approximate surface area is 129 Å². The van der Waals surface area contributed by atoms with Crippen molar-refractivity contribution in [2.24, 2.45) is 0 Å². The van der Waals surface area contributed by atoms with E-state index in [9.17, 15) is 0 Å². The number of rotatable bonds is 9. The average Bonchev–Trinajstić information content (AvgIpc) is 2.45. The number of hydrogen-bond donors (Lipinski definition) is 1. The molecule has 0 amide bonds. The van der Waals surface area contributed by atoms with Crippen LogP contribution in [0.3, 0.4) is 0 Å². The molecule has 0 unspecified atom stereocenters. The van der Waals surface area contributed by atoms with Crippen LogP contribution in [-0.4, -0.2) is 37.8 Å². The van der Waals surface area contributed by atoms with Crippen LogP contribution in [0, 0.1) is 0 Å². The molecule has 4 nitrogen and oxygen atoms in total. The summed E-state index contributed by atoms with van der Waals surface area (Å²) in [5.74, 6) is 1.49. The van der Waals surface area contributed by atoms with Crippen LogP contribution in [0.2, 0.25) is 0 Å².